The lowest BCUT2D eigenvalue weighted by Crippen LogP contribution is -2.53. The first-order valence-electron chi connectivity index (χ1n) is 14.7. The minimum Gasteiger partial charge on any atom is -0.355 e. The molecule has 4 aromatic rings. The molecule has 0 aromatic heterocycles. The number of rotatable bonds is 12. The Kier molecular flexibility index (Phi) is 10.9. The highest BCUT2D eigenvalue weighted by Crippen LogP contribution is 2.33. The van der Waals surface area contributed by atoms with Crippen molar-refractivity contribution in [2.45, 2.75) is 50.9 Å². The van der Waals surface area contributed by atoms with Crippen molar-refractivity contribution in [2.75, 3.05) is 17.4 Å². The standard InChI is InChI=1S/C35H36F3N3O4S/c1-4-39-34(43)32(21-27-12-6-5-7-13-27)40(23-28-14-9-8-11-26(28)3)33(42)24-41(30-16-10-15-29(22-30)35(36,37)38)46(44,45)31-19-17-25(2)18-20-31/h5-20,22,32H,4,21,23-24H2,1-3H3,(H,39,43). The molecular formula is C35H36F3N3O4S. The average Bonchev–Trinajstić information content (AvgIpc) is 3.02. The molecule has 0 aliphatic rings. The van der Waals surface area contributed by atoms with Crippen LogP contribution in [0.25, 0.3) is 0 Å². The zero-order valence-corrected chi connectivity index (χ0v) is 26.6. The van der Waals surface area contributed by atoms with Crippen LogP contribution in [0.4, 0.5) is 18.9 Å². The van der Waals surface area contributed by atoms with Crippen LogP contribution in [-0.4, -0.2) is 44.3 Å². The van der Waals surface area contributed by atoms with E-state index in [-0.39, 0.29) is 30.1 Å². The van der Waals surface area contributed by atoms with Gasteiger partial charge in [0.05, 0.1) is 16.1 Å². The zero-order chi connectivity index (χ0) is 33.5. The Labute approximate surface area is 267 Å². The minimum atomic E-state index is -4.75. The molecule has 1 atom stereocenters. The lowest BCUT2D eigenvalue weighted by Gasteiger charge is -2.34. The van der Waals surface area contributed by atoms with Gasteiger partial charge in [-0.05, 0) is 67.8 Å². The molecule has 1 unspecified atom stereocenters. The maximum absolute atomic E-state index is 14.4. The van der Waals surface area contributed by atoms with Gasteiger partial charge in [-0.3, -0.25) is 13.9 Å². The number of nitrogens with one attached hydrogen (secondary N) is 1. The third-order valence-corrected chi connectivity index (χ3v) is 9.36. The van der Waals surface area contributed by atoms with Gasteiger partial charge < -0.3 is 10.2 Å². The molecule has 11 heteroatoms. The lowest BCUT2D eigenvalue weighted by molar-refractivity contribution is -0.140. The highest BCUT2D eigenvalue weighted by atomic mass is 32.2. The third-order valence-electron chi connectivity index (χ3n) is 7.57. The van der Waals surface area contributed by atoms with E-state index < -0.39 is 46.2 Å². The number of halogens is 3. The molecule has 0 aliphatic carbocycles. The molecule has 242 valence electrons. The molecular weight excluding hydrogens is 615 g/mol. The number of hydrogen-bond donors (Lipinski definition) is 1. The fourth-order valence-electron chi connectivity index (χ4n) is 5.02. The highest BCUT2D eigenvalue weighted by Gasteiger charge is 2.36. The monoisotopic (exact) mass is 651 g/mol. The molecule has 7 nitrogen and oxygen atoms in total. The van der Waals surface area contributed by atoms with Crippen LogP contribution < -0.4 is 9.62 Å². The summed E-state index contributed by atoms with van der Waals surface area (Å²) in [7, 11) is -4.54. The molecule has 0 saturated carbocycles. The molecule has 0 radical (unpaired) electrons. The van der Waals surface area contributed by atoms with Crippen LogP contribution in [0.3, 0.4) is 0 Å². The van der Waals surface area contributed by atoms with Crippen LogP contribution in [0.5, 0.6) is 0 Å². The maximum atomic E-state index is 14.4. The molecule has 0 bridgehead atoms. The van der Waals surface area contributed by atoms with Crippen molar-refractivity contribution in [1.29, 1.82) is 0 Å². The van der Waals surface area contributed by atoms with Gasteiger partial charge in [-0.15, -0.1) is 0 Å². The number of anilines is 1. The third kappa shape index (κ3) is 8.33. The summed E-state index contributed by atoms with van der Waals surface area (Å²) in [4.78, 5) is 29.1. The van der Waals surface area contributed by atoms with Crippen LogP contribution in [0.2, 0.25) is 0 Å². The van der Waals surface area contributed by atoms with Crippen LogP contribution in [0, 0.1) is 13.8 Å². The smallest absolute Gasteiger partial charge is 0.355 e. The molecule has 4 rings (SSSR count). The molecule has 2 amide bonds. The summed E-state index contributed by atoms with van der Waals surface area (Å²) in [5.41, 5.74) is 1.71. The van der Waals surface area contributed by atoms with Gasteiger partial charge in [0.1, 0.15) is 12.6 Å². The number of carbonyl (C=O) groups excluding carboxylic acids is 2. The van der Waals surface area contributed by atoms with Crippen molar-refractivity contribution < 1.29 is 31.2 Å². The van der Waals surface area contributed by atoms with Gasteiger partial charge in [-0.2, -0.15) is 13.2 Å². The molecule has 4 aromatic carbocycles. The Morgan fingerprint density at radius 2 is 1.50 bits per heavy atom. The van der Waals surface area contributed by atoms with E-state index in [1.807, 2.05) is 37.3 Å². The lowest BCUT2D eigenvalue weighted by atomic mass is 10.0. The van der Waals surface area contributed by atoms with Crippen molar-refractivity contribution in [3.63, 3.8) is 0 Å². The van der Waals surface area contributed by atoms with E-state index in [0.29, 0.717) is 10.4 Å². The SMILES string of the molecule is CCNC(=O)C(Cc1ccccc1)N(Cc1ccccc1C)C(=O)CN(c1cccc(C(F)(F)F)c1)S(=O)(=O)c1ccc(C)cc1. The first-order valence-corrected chi connectivity index (χ1v) is 16.2. The van der Waals surface area contributed by atoms with Crippen LogP contribution in [-0.2, 0) is 38.8 Å². The number of alkyl halides is 3. The fourth-order valence-corrected chi connectivity index (χ4v) is 6.43. The first-order chi connectivity index (χ1) is 21.8. The van der Waals surface area contributed by atoms with Crippen molar-refractivity contribution in [3.05, 3.63) is 131 Å². The van der Waals surface area contributed by atoms with E-state index in [9.17, 15) is 31.2 Å². The number of carbonyl (C=O) groups is 2. The Hall–Kier alpha value is -4.64. The summed E-state index contributed by atoms with van der Waals surface area (Å²) in [5.74, 6) is -1.20. The summed E-state index contributed by atoms with van der Waals surface area (Å²) in [6.07, 6.45) is -4.63. The van der Waals surface area contributed by atoms with Crippen molar-refractivity contribution >= 4 is 27.5 Å². The predicted octanol–water partition coefficient (Wildman–Crippen LogP) is 6.29. The van der Waals surface area contributed by atoms with E-state index in [2.05, 4.69) is 5.32 Å². The first kappa shape index (κ1) is 34.2. The van der Waals surface area contributed by atoms with E-state index >= 15 is 0 Å². The van der Waals surface area contributed by atoms with E-state index in [1.165, 1.54) is 23.1 Å². The van der Waals surface area contributed by atoms with Gasteiger partial charge in [0.25, 0.3) is 10.0 Å². The Bertz CT molecular complexity index is 1760. The van der Waals surface area contributed by atoms with Gasteiger partial charge >= 0.3 is 6.18 Å². The van der Waals surface area contributed by atoms with E-state index in [0.717, 1.165) is 34.4 Å². The minimum absolute atomic E-state index is 0.0405. The molecule has 46 heavy (non-hydrogen) atoms. The molecule has 0 saturated heterocycles. The summed E-state index contributed by atoms with van der Waals surface area (Å²) in [6, 6.07) is 25.0. The summed E-state index contributed by atoms with van der Waals surface area (Å²) < 4.78 is 70.1. The van der Waals surface area contributed by atoms with E-state index in [4.69, 9.17) is 0 Å². The number of hydrogen-bond acceptors (Lipinski definition) is 4. The number of nitrogens with zero attached hydrogens (tertiary/aromatic N) is 2. The second-order valence-electron chi connectivity index (χ2n) is 10.9. The van der Waals surface area contributed by atoms with Gasteiger partial charge in [0, 0.05) is 19.5 Å². The molecule has 0 spiro atoms. The Balaban J connectivity index is 1.84. The van der Waals surface area contributed by atoms with Gasteiger partial charge in [-0.1, -0.05) is 78.4 Å². The van der Waals surface area contributed by atoms with Gasteiger partial charge in [0.2, 0.25) is 11.8 Å². The van der Waals surface area contributed by atoms with Crippen LogP contribution in [0.15, 0.2) is 108 Å². The second-order valence-corrected chi connectivity index (χ2v) is 12.8. The van der Waals surface area contributed by atoms with Crippen LogP contribution >= 0.6 is 0 Å². The summed E-state index contributed by atoms with van der Waals surface area (Å²) in [5, 5.41) is 2.78. The Morgan fingerprint density at radius 3 is 2.13 bits per heavy atom. The van der Waals surface area contributed by atoms with Crippen molar-refractivity contribution in [2.24, 2.45) is 0 Å². The van der Waals surface area contributed by atoms with Crippen molar-refractivity contribution in [1.82, 2.24) is 10.2 Å². The topological polar surface area (TPSA) is 86.8 Å². The number of sulfonamides is 1. The number of benzene rings is 4. The Morgan fingerprint density at radius 1 is 0.848 bits per heavy atom. The fraction of sp³-hybridized carbons (Fsp3) is 0.257. The van der Waals surface area contributed by atoms with Crippen molar-refractivity contribution in [3.8, 4) is 0 Å². The maximum Gasteiger partial charge on any atom is 0.416 e. The predicted molar refractivity (Wildman–Crippen MR) is 172 cm³/mol. The van der Waals surface area contributed by atoms with Gasteiger partial charge in [-0.25, -0.2) is 8.42 Å². The number of aryl methyl sites for hydroxylation is 2. The normalized spacial score (nSPS) is 12.3. The molecule has 0 heterocycles. The average molecular weight is 652 g/mol. The zero-order valence-electron chi connectivity index (χ0n) is 25.8. The van der Waals surface area contributed by atoms with Crippen LogP contribution in [0.1, 0.15) is 34.7 Å². The summed E-state index contributed by atoms with van der Waals surface area (Å²) in [6.45, 7) is 4.76. The summed E-state index contributed by atoms with van der Waals surface area (Å²) >= 11 is 0. The largest absolute Gasteiger partial charge is 0.416 e. The molecule has 0 aliphatic heterocycles. The molecule has 0 fully saturated rings. The van der Waals surface area contributed by atoms with E-state index in [1.54, 1.807) is 50.2 Å². The number of likely N-dealkylation sites (N-methyl/N-ethyl adjacent to an activating group) is 1. The molecule has 1 N–H and O–H groups in total. The van der Waals surface area contributed by atoms with Gasteiger partial charge in [0.15, 0.2) is 0 Å². The quantitative estimate of drug-likeness (QED) is 0.195. The number of amides is 2. The highest BCUT2D eigenvalue weighted by molar-refractivity contribution is 7.92. The second kappa shape index (κ2) is 14.6.